The van der Waals surface area contributed by atoms with Gasteiger partial charge in [0.1, 0.15) is 0 Å². The van der Waals surface area contributed by atoms with Crippen LogP contribution in [-0.2, 0) is 44.9 Å². The molecule has 8 bridgehead atoms. The Morgan fingerprint density at radius 3 is 1.27 bits per heavy atom. The molecule has 1 aromatic heterocycles. The highest BCUT2D eigenvalue weighted by Gasteiger charge is 2.30. The standard InChI is InChI=1S/C52H40N4O8/c57-45(58)25-29-1-9-33(10-2-29)49-37-17-19-39(53-37)50(34-11-3-30(4-12-34)26-46(59)60)41-21-23-43(55-41)52(36-15-7-32(8-16-36)28-48(63)64)44-24-22-42(56-44)51(40-20-18-38(49)54-40)35-13-5-31(6-14-35)27-47(61)62/h1-23,44,53,56H,24-28H2,(H,57,58)(H,59,60)(H,61,62)(H,63,64)/b49-37-,50-39-,51-40-,52-43-. The summed E-state index contributed by atoms with van der Waals surface area (Å²) in [4.78, 5) is 60.6. The van der Waals surface area contributed by atoms with Crippen LogP contribution in [0.15, 0.2) is 167 Å². The number of allylic oxidation sites excluding steroid dienone is 5. The van der Waals surface area contributed by atoms with Gasteiger partial charge in [-0.2, -0.15) is 0 Å². The lowest BCUT2D eigenvalue weighted by molar-refractivity contribution is -0.137. The van der Waals surface area contributed by atoms with E-state index >= 15 is 0 Å². The largest absolute Gasteiger partial charge is 0.481 e. The molecular formula is C52H40N4O8. The summed E-state index contributed by atoms with van der Waals surface area (Å²) in [6.07, 6.45) is 10.1. The molecular weight excluding hydrogens is 809 g/mol. The minimum Gasteiger partial charge on any atom is -0.481 e. The Kier molecular flexibility index (Phi) is 11.0. The van der Waals surface area contributed by atoms with Crippen LogP contribution in [0.25, 0.3) is 22.3 Å². The summed E-state index contributed by atoms with van der Waals surface area (Å²) in [5.41, 5.74) is 12.6. The normalized spacial score (nSPS) is 20.4. The van der Waals surface area contributed by atoms with Crippen molar-refractivity contribution in [2.45, 2.75) is 38.1 Å². The van der Waals surface area contributed by atoms with Crippen molar-refractivity contribution < 1.29 is 39.6 Å². The van der Waals surface area contributed by atoms with Crippen LogP contribution in [0.3, 0.4) is 0 Å². The van der Waals surface area contributed by atoms with Crippen molar-refractivity contribution >= 4 is 57.6 Å². The average molecular weight is 849 g/mol. The molecule has 12 heteroatoms. The second-order valence-electron chi connectivity index (χ2n) is 15.9. The molecule has 4 aliphatic rings. The molecule has 64 heavy (non-hydrogen) atoms. The Balaban J connectivity index is 1.31. The lowest BCUT2D eigenvalue weighted by Crippen LogP contribution is -2.26. The predicted molar refractivity (Wildman–Crippen MR) is 243 cm³/mol. The second-order valence-corrected chi connectivity index (χ2v) is 15.9. The Morgan fingerprint density at radius 2 is 0.844 bits per heavy atom. The number of carbonyl (C=O) groups is 4. The molecule has 6 N–H and O–H groups in total. The first-order chi connectivity index (χ1) is 30.9. The fourth-order valence-corrected chi connectivity index (χ4v) is 8.60. The molecule has 0 fully saturated rings. The third-order valence-corrected chi connectivity index (χ3v) is 11.5. The molecule has 4 aliphatic heterocycles. The first-order valence-corrected chi connectivity index (χ1v) is 20.6. The molecule has 0 saturated carbocycles. The highest BCUT2D eigenvalue weighted by atomic mass is 16.4. The maximum absolute atomic E-state index is 11.6. The molecule has 1 unspecified atom stereocenters. The van der Waals surface area contributed by atoms with Gasteiger partial charge in [0.25, 0.3) is 0 Å². The van der Waals surface area contributed by atoms with Gasteiger partial charge in [-0.25, -0.2) is 9.98 Å². The topological polar surface area (TPSA) is 202 Å². The molecule has 316 valence electrons. The summed E-state index contributed by atoms with van der Waals surface area (Å²) >= 11 is 0. The molecule has 0 radical (unpaired) electrons. The zero-order chi connectivity index (χ0) is 44.5. The van der Waals surface area contributed by atoms with Crippen molar-refractivity contribution in [1.82, 2.24) is 10.3 Å². The van der Waals surface area contributed by atoms with Gasteiger partial charge in [-0.05, 0) is 87.4 Å². The van der Waals surface area contributed by atoms with E-state index < -0.39 is 23.9 Å². The molecule has 0 amide bonds. The molecule has 0 saturated heterocycles. The van der Waals surface area contributed by atoms with Crippen LogP contribution >= 0.6 is 0 Å². The van der Waals surface area contributed by atoms with Crippen LogP contribution in [0.1, 0.15) is 50.9 Å². The van der Waals surface area contributed by atoms with E-state index in [0.717, 1.165) is 60.9 Å². The third kappa shape index (κ3) is 8.57. The zero-order valence-corrected chi connectivity index (χ0v) is 34.2. The number of rotatable bonds is 12. The van der Waals surface area contributed by atoms with Gasteiger partial charge in [0.2, 0.25) is 0 Å². The van der Waals surface area contributed by atoms with Crippen LogP contribution in [-0.4, -0.2) is 66.8 Å². The van der Waals surface area contributed by atoms with Crippen molar-refractivity contribution in [3.8, 4) is 0 Å². The van der Waals surface area contributed by atoms with Crippen LogP contribution in [0.5, 0.6) is 0 Å². The monoisotopic (exact) mass is 848 g/mol. The van der Waals surface area contributed by atoms with E-state index in [0.29, 0.717) is 51.5 Å². The van der Waals surface area contributed by atoms with E-state index in [2.05, 4.69) is 16.4 Å². The van der Waals surface area contributed by atoms with Gasteiger partial charge in [-0.1, -0.05) is 103 Å². The second kappa shape index (κ2) is 17.2. The summed E-state index contributed by atoms with van der Waals surface area (Å²) in [6.45, 7) is 0. The van der Waals surface area contributed by atoms with Crippen molar-refractivity contribution in [2.24, 2.45) is 9.98 Å². The lowest BCUT2D eigenvalue weighted by atomic mass is 9.94. The van der Waals surface area contributed by atoms with E-state index in [4.69, 9.17) is 9.98 Å². The highest BCUT2D eigenvalue weighted by Crippen LogP contribution is 2.38. The van der Waals surface area contributed by atoms with Crippen molar-refractivity contribution in [2.75, 3.05) is 0 Å². The fourth-order valence-electron chi connectivity index (χ4n) is 8.60. The van der Waals surface area contributed by atoms with Crippen molar-refractivity contribution in [3.63, 3.8) is 0 Å². The van der Waals surface area contributed by atoms with Gasteiger partial charge in [-0.3, -0.25) is 19.2 Å². The van der Waals surface area contributed by atoms with E-state index in [1.807, 2.05) is 109 Å². The molecule has 5 aromatic rings. The number of aliphatic carboxylic acids is 4. The molecule has 1 atom stereocenters. The Hall–Kier alpha value is -8.38. The number of aliphatic imine (C=N–C) groups is 2. The highest BCUT2D eigenvalue weighted by molar-refractivity contribution is 6.31. The minimum atomic E-state index is -0.931. The smallest absolute Gasteiger partial charge is 0.307 e. The molecule has 0 spiro atoms. The number of H-pyrrole nitrogens is 1. The first-order valence-electron chi connectivity index (χ1n) is 20.6. The molecule has 12 nitrogen and oxygen atoms in total. The lowest BCUT2D eigenvalue weighted by Gasteiger charge is -2.21. The van der Waals surface area contributed by atoms with Crippen LogP contribution in [0.4, 0.5) is 0 Å². The van der Waals surface area contributed by atoms with E-state index in [-0.39, 0.29) is 31.7 Å². The van der Waals surface area contributed by atoms with Crippen LogP contribution in [0, 0.1) is 0 Å². The Labute approximate surface area is 366 Å². The van der Waals surface area contributed by atoms with E-state index in [1.54, 1.807) is 24.3 Å². The summed E-state index contributed by atoms with van der Waals surface area (Å²) in [7, 11) is 0. The summed E-state index contributed by atoms with van der Waals surface area (Å²) < 4.78 is 0. The Morgan fingerprint density at radius 1 is 0.469 bits per heavy atom. The average Bonchev–Trinajstić information content (AvgIpc) is 4.11. The molecule has 0 aliphatic carbocycles. The number of benzene rings is 4. The zero-order valence-electron chi connectivity index (χ0n) is 34.2. The van der Waals surface area contributed by atoms with Crippen LogP contribution in [0.2, 0.25) is 0 Å². The number of hydrogen-bond donors (Lipinski definition) is 6. The maximum atomic E-state index is 11.6. The van der Waals surface area contributed by atoms with Gasteiger partial charge in [0, 0.05) is 38.7 Å². The van der Waals surface area contributed by atoms with Gasteiger partial charge >= 0.3 is 23.9 Å². The number of carboxylic acid groups (broad SMARTS) is 4. The van der Waals surface area contributed by atoms with Gasteiger partial charge < -0.3 is 30.7 Å². The summed E-state index contributed by atoms with van der Waals surface area (Å²) in [5.74, 6) is -3.71. The van der Waals surface area contributed by atoms with Crippen molar-refractivity contribution in [3.05, 3.63) is 212 Å². The number of carboxylic acids is 4. The van der Waals surface area contributed by atoms with E-state index in [9.17, 15) is 39.6 Å². The van der Waals surface area contributed by atoms with Gasteiger partial charge in [-0.15, -0.1) is 0 Å². The number of aromatic amines is 1. The summed E-state index contributed by atoms with van der Waals surface area (Å²) in [6, 6.07) is 33.3. The van der Waals surface area contributed by atoms with Crippen molar-refractivity contribution in [1.29, 1.82) is 0 Å². The number of hydrogen-bond acceptors (Lipinski definition) is 7. The molecule has 5 heterocycles. The number of nitrogens with one attached hydrogen (secondary N) is 2. The van der Waals surface area contributed by atoms with Gasteiger partial charge in [0.15, 0.2) is 0 Å². The number of nitrogens with zero attached hydrogens (tertiary/aromatic N) is 2. The third-order valence-electron chi connectivity index (χ3n) is 11.5. The number of aromatic nitrogens is 1. The first kappa shape index (κ1) is 41.0. The minimum absolute atomic E-state index is 0.114. The van der Waals surface area contributed by atoms with Crippen LogP contribution < -0.4 is 16.0 Å². The maximum Gasteiger partial charge on any atom is 0.307 e. The number of fused-ring (bicyclic) bond motifs is 6. The SMILES string of the molecule is O=C(O)Cc1ccc(/C2=C3\C=CC(=N3)/C(c3ccc(CC(=O)O)cc3)=c3/cc/c([nH]3)=C(\c3ccc(CC(=O)O)cc3)C3=N/C(=C(/c4ccc(CC(=O)O)cc4)C4CC=C2N4)C=C3)cc1. The Bertz CT molecular complexity index is 3120. The van der Waals surface area contributed by atoms with E-state index in [1.165, 1.54) is 0 Å². The fraction of sp³-hybridized carbons (Fsp3) is 0.115. The molecule has 4 aromatic carbocycles. The van der Waals surface area contributed by atoms with Gasteiger partial charge in [0.05, 0.1) is 54.5 Å². The molecule has 9 rings (SSSR count). The quantitative estimate of drug-likeness (QED) is 0.0868. The summed E-state index contributed by atoms with van der Waals surface area (Å²) in [5, 5.41) is 43.2. The predicted octanol–water partition coefficient (Wildman–Crippen LogP) is 6.02.